The van der Waals surface area contributed by atoms with Crippen molar-refractivity contribution < 1.29 is 17.9 Å². The summed E-state index contributed by atoms with van der Waals surface area (Å²) in [7, 11) is 0.158. The van der Waals surface area contributed by atoms with Gasteiger partial charge in [0.2, 0.25) is 5.91 Å². The number of hydrogen-bond donors (Lipinski definition) is 0. The number of fused-ring (bicyclic) bond motifs is 2. The molecule has 1 fully saturated rings. The molecule has 1 saturated heterocycles. The normalized spacial score (nSPS) is 21.2. The van der Waals surface area contributed by atoms with Crippen LogP contribution in [0, 0.1) is 0 Å². The fraction of sp³-hybridized carbons (Fsp3) is 0.458. The minimum atomic E-state index is -3.80. The molecule has 0 aromatic heterocycles. The van der Waals surface area contributed by atoms with Gasteiger partial charge in [0.25, 0.3) is 10.0 Å². The third-order valence-electron chi connectivity index (χ3n) is 7.06. The van der Waals surface area contributed by atoms with Crippen LogP contribution in [0.2, 0.25) is 0 Å². The summed E-state index contributed by atoms with van der Waals surface area (Å²) in [5.41, 5.74) is 2.29. The number of likely N-dealkylation sites (tertiary alicyclic amines) is 1. The Labute approximate surface area is 189 Å². The highest BCUT2D eigenvalue weighted by Gasteiger charge is 2.42. The van der Waals surface area contributed by atoms with Crippen LogP contribution in [-0.2, 0) is 21.2 Å². The molecule has 1 amide bonds. The fourth-order valence-electron chi connectivity index (χ4n) is 5.07. The van der Waals surface area contributed by atoms with Gasteiger partial charge >= 0.3 is 0 Å². The SMILES string of the molecule is CN1CCC(N(C)C(=O)C2CN(S(=O)(=O)c3ccc4c(c3)CCO4)c3ccccc32)CC1. The first-order valence-electron chi connectivity index (χ1n) is 11.2. The largest absolute Gasteiger partial charge is 0.493 e. The van der Waals surface area contributed by atoms with Crippen LogP contribution in [0.15, 0.2) is 47.4 Å². The highest BCUT2D eigenvalue weighted by Crippen LogP contribution is 2.41. The van der Waals surface area contributed by atoms with Crippen molar-refractivity contribution in [1.82, 2.24) is 9.80 Å². The number of para-hydroxylation sites is 1. The van der Waals surface area contributed by atoms with Crippen molar-refractivity contribution in [2.75, 3.05) is 44.6 Å². The van der Waals surface area contributed by atoms with E-state index in [1.807, 2.05) is 30.1 Å². The van der Waals surface area contributed by atoms with Crippen LogP contribution in [0.4, 0.5) is 5.69 Å². The summed E-state index contributed by atoms with van der Waals surface area (Å²) in [6.45, 7) is 2.63. The van der Waals surface area contributed by atoms with E-state index in [0.29, 0.717) is 18.7 Å². The summed E-state index contributed by atoms with van der Waals surface area (Å²) >= 11 is 0. The summed E-state index contributed by atoms with van der Waals surface area (Å²) in [6, 6.07) is 12.6. The second kappa shape index (κ2) is 8.08. The number of carbonyl (C=O) groups is 1. The van der Waals surface area contributed by atoms with Gasteiger partial charge in [-0.25, -0.2) is 8.42 Å². The zero-order valence-electron chi connectivity index (χ0n) is 18.5. The molecule has 32 heavy (non-hydrogen) atoms. The van der Waals surface area contributed by atoms with Crippen molar-refractivity contribution >= 4 is 21.6 Å². The maximum atomic E-state index is 13.6. The van der Waals surface area contributed by atoms with E-state index in [9.17, 15) is 13.2 Å². The quantitative estimate of drug-likeness (QED) is 0.708. The van der Waals surface area contributed by atoms with Gasteiger partial charge in [0.1, 0.15) is 5.75 Å². The van der Waals surface area contributed by atoms with Crippen molar-refractivity contribution in [3.05, 3.63) is 53.6 Å². The molecule has 3 aliphatic rings. The fourth-order valence-corrected chi connectivity index (χ4v) is 6.63. The Hall–Kier alpha value is -2.58. The van der Waals surface area contributed by atoms with E-state index in [-0.39, 0.29) is 23.4 Å². The number of nitrogens with zero attached hydrogens (tertiary/aromatic N) is 3. The maximum absolute atomic E-state index is 13.6. The van der Waals surface area contributed by atoms with E-state index in [0.717, 1.165) is 42.8 Å². The molecule has 0 spiro atoms. The molecule has 0 bridgehead atoms. The first-order valence-corrected chi connectivity index (χ1v) is 12.6. The molecule has 2 aromatic carbocycles. The molecule has 5 rings (SSSR count). The molecule has 8 heteroatoms. The Balaban J connectivity index is 1.44. The number of ether oxygens (including phenoxy) is 1. The number of benzene rings is 2. The van der Waals surface area contributed by atoms with Gasteiger partial charge in [-0.2, -0.15) is 0 Å². The summed E-state index contributed by atoms with van der Waals surface area (Å²) < 4.78 is 34.2. The lowest BCUT2D eigenvalue weighted by Gasteiger charge is -2.36. The Morgan fingerprint density at radius 2 is 1.88 bits per heavy atom. The van der Waals surface area contributed by atoms with Gasteiger partial charge < -0.3 is 14.5 Å². The van der Waals surface area contributed by atoms with Crippen LogP contribution >= 0.6 is 0 Å². The topological polar surface area (TPSA) is 70.2 Å². The van der Waals surface area contributed by atoms with Crippen LogP contribution in [0.5, 0.6) is 5.75 Å². The second-order valence-electron chi connectivity index (χ2n) is 9.00. The molecule has 1 unspecified atom stereocenters. The standard InChI is InChI=1S/C24H29N3O4S/c1-25-12-9-18(10-13-25)26(2)24(28)21-16-27(22-6-4-3-5-20(21)22)32(29,30)19-7-8-23-17(15-19)11-14-31-23/h3-8,15,18,21H,9-14,16H2,1-2H3. The van der Waals surface area contributed by atoms with E-state index >= 15 is 0 Å². The van der Waals surface area contributed by atoms with Crippen molar-refractivity contribution in [3.63, 3.8) is 0 Å². The summed E-state index contributed by atoms with van der Waals surface area (Å²) in [5, 5.41) is 0. The smallest absolute Gasteiger partial charge is 0.264 e. The minimum Gasteiger partial charge on any atom is -0.493 e. The van der Waals surface area contributed by atoms with E-state index in [2.05, 4.69) is 11.9 Å². The monoisotopic (exact) mass is 455 g/mol. The van der Waals surface area contributed by atoms with E-state index < -0.39 is 15.9 Å². The highest BCUT2D eigenvalue weighted by atomic mass is 32.2. The first-order chi connectivity index (χ1) is 15.4. The third kappa shape index (κ3) is 3.55. The van der Waals surface area contributed by atoms with Crippen LogP contribution < -0.4 is 9.04 Å². The molecule has 0 saturated carbocycles. The molecule has 2 aromatic rings. The van der Waals surface area contributed by atoms with Crippen molar-refractivity contribution in [2.24, 2.45) is 0 Å². The average molecular weight is 456 g/mol. The lowest BCUT2D eigenvalue weighted by atomic mass is 9.97. The van der Waals surface area contributed by atoms with E-state index in [4.69, 9.17) is 4.74 Å². The number of amides is 1. The zero-order valence-corrected chi connectivity index (χ0v) is 19.3. The highest BCUT2D eigenvalue weighted by molar-refractivity contribution is 7.92. The number of likely N-dealkylation sites (N-methyl/N-ethyl adjacent to an activating group) is 1. The van der Waals surface area contributed by atoms with Gasteiger partial charge in [-0.1, -0.05) is 18.2 Å². The Bertz CT molecular complexity index is 1140. The Morgan fingerprint density at radius 3 is 2.66 bits per heavy atom. The molecule has 1 atom stereocenters. The van der Waals surface area contributed by atoms with Crippen LogP contribution in [0.1, 0.15) is 29.9 Å². The third-order valence-corrected chi connectivity index (χ3v) is 8.84. The number of sulfonamides is 1. The van der Waals surface area contributed by atoms with Crippen LogP contribution in [0.25, 0.3) is 0 Å². The van der Waals surface area contributed by atoms with Crippen LogP contribution in [0.3, 0.4) is 0 Å². The Kier molecular flexibility index (Phi) is 5.37. The average Bonchev–Trinajstić information content (AvgIpc) is 3.43. The number of piperidine rings is 1. The molecular formula is C24H29N3O4S. The van der Waals surface area contributed by atoms with Crippen molar-refractivity contribution in [2.45, 2.75) is 36.1 Å². The Morgan fingerprint density at radius 1 is 1.12 bits per heavy atom. The predicted octanol–water partition coefficient (Wildman–Crippen LogP) is 2.47. The lowest BCUT2D eigenvalue weighted by molar-refractivity contribution is -0.134. The number of rotatable bonds is 4. The molecule has 0 radical (unpaired) electrons. The van der Waals surface area contributed by atoms with Gasteiger partial charge in [0.05, 0.1) is 29.7 Å². The lowest BCUT2D eigenvalue weighted by Crippen LogP contribution is -2.46. The van der Waals surface area contributed by atoms with Gasteiger partial charge in [-0.05, 0) is 68.4 Å². The zero-order chi connectivity index (χ0) is 22.5. The second-order valence-corrected chi connectivity index (χ2v) is 10.9. The van der Waals surface area contributed by atoms with Crippen molar-refractivity contribution in [1.29, 1.82) is 0 Å². The maximum Gasteiger partial charge on any atom is 0.264 e. The van der Waals surface area contributed by atoms with E-state index in [1.54, 1.807) is 24.3 Å². The number of hydrogen-bond acceptors (Lipinski definition) is 5. The van der Waals surface area contributed by atoms with Gasteiger partial charge in [-0.3, -0.25) is 9.10 Å². The molecular weight excluding hydrogens is 426 g/mol. The summed E-state index contributed by atoms with van der Waals surface area (Å²) in [5.74, 6) is 0.244. The first kappa shape index (κ1) is 21.3. The van der Waals surface area contributed by atoms with Crippen molar-refractivity contribution in [3.8, 4) is 5.75 Å². The molecule has 170 valence electrons. The van der Waals surface area contributed by atoms with Gasteiger partial charge in [0, 0.05) is 19.5 Å². The molecule has 3 aliphatic heterocycles. The summed E-state index contributed by atoms with van der Waals surface area (Å²) in [6.07, 6.45) is 2.58. The van der Waals surface area contributed by atoms with Gasteiger partial charge in [0.15, 0.2) is 0 Å². The molecule has 0 aliphatic carbocycles. The molecule has 0 N–H and O–H groups in total. The molecule has 3 heterocycles. The van der Waals surface area contributed by atoms with Gasteiger partial charge in [-0.15, -0.1) is 0 Å². The number of anilines is 1. The predicted molar refractivity (Wildman–Crippen MR) is 123 cm³/mol. The van der Waals surface area contributed by atoms with Crippen LogP contribution in [-0.4, -0.2) is 70.5 Å². The minimum absolute atomic E-state index is 0.00736. The van der Waals surface area contributed by atoms with E-state index in [1.165, 1.54) is 4.31 Å². The molecule has 7 nitrogen and oxygen atoms in total. The number of carbonyl (C=O) groups excluding carboxylic acids is 1. The summed E-state index contributed by atoms with van der Waals surface area (Å²) in [4.78, 5) is 17.9.